The van der Waals surface area contributed by atoms with Gasteiger partial charge in [-0.25, -0.2) is 0 Å². The maximum Gasteiger partial charge on any atom is 0.0465 e. The molecule has 3 aliphatic carbocycles. The minimum atomic E-state index is -0.208. The van der Waals surface area contributed by atoms with Crippen LogP contribution in [0.5, 0.6) is 0 Å². The molecule has 356 valence electrons. The van der Waals surface area contributed by atoms with E-state index in [-0.39, 0.29) is 16.2 Å². The first-order valence-corrected chi connectivity index (χ1v) is 26.5. The Bertz CT molecular complexity index is 4060. The van der Waals surface area contributed by atoms with Crippen LogP contribution in [0.25, 0.3) is 88.3 Å². The van der Waals surface area contributed by atoms with Crippen molar-refractivity contribution in [1.29, 1.82) is 0 Å². The van der Waals surface area contributed by atoms with E-state index in [9.17, 15) is 0 Å². The minimum absolute atomic E-state index is 0.0763. The van der Waals surface area contributed by atoms with Gasteiger partial charge in [-0.2, -0.15) is 0 Å². The summed E-state index contributed by atoms with van der Waals surface area (Å²) >= 11 is 0. The molecule has 0 atom stereocenters. The van der Waals surface area contributed by atoms with E-state index >= 15 is 0 Å². The topological polar surface area (TPSA) is 3.24 Å². The van der Waals surface area contributed by atoms with Crippen molar-refractivity contribution in [2.75, 3.05) is 4.90 Å². The fraction of sp³-hybridized carbons (Fsp3) is 0.151. The number of benzene rings is 11. The lowest BCUT2D eigenvalue weighted by Gasteiger charge is -2.28. The average Bonchev–Trinajstić information content (AvgIpc) is 3.91. The highest BCUT2D eigenvalue weighted by Gasteiger charge is 2.39. The zero-order chi connectivity index (χ0) is 50.4. The van der Waals surface area contributed by atoms with Gasteiger partial charge in [0.25, 0.3) is 0 Å². The van der Waals surface area contributed by atoms with Gasteiger partial charge in [-0.05, 0) is 196 Å². The van der Waals surface area contributed by atoms with Crippen molar-refractivity contribution >= 4 is 38.6 Å². The first-order chi connectivity index (χ1) is 35.8. The molecular weight excluding hydrogens is 891 g/mol. The Morgan fingerprint density at radius 2 is 0.554 bits per heavy atom. The normalized spacial score (nSPS) is 14.8. The zero-order valence-electron chi connectivity index (χ0n) is 43.7. The third-order valence-corrected chi connectivity index (χ3v) is 17.6. The van der Waals surface area contributed by atoms with E-state index in [1.54, 1.807) is 0 Å². The molecule has 0 aliphatic heterocycles. The third-order valence-electron chi connectivity index (χ3n) is 17.6. The fourth-order valence-corrected chi connectivity index (χ4v) is 13.6. The number of anilines is 3. The van der Waals surface area contributed by atoms with E-state index in [1.165, 1.54) is 139 Å². The number of hydrogen-bond donors (Lipinski definition) is 0. The summed E-state index contributed by atoms with van der Waals surface area (Å²) in [5, 5.41) is 5.14. The van der Waals surface area contributed by atoms with Crippen LogP contribution in [0.2, 0.25) is 0 Å². The summed E-state index contributed by atoms with van der Waals surface area (Å²) in [5.41, 5.74) is 29.5. The van der Waals surface area contributed by atoms with Crippen molar-refractivity contribution in [3.05, 3.63) is 257 Å². The van der Waals surface area contributed by atoms with Crippen LogP contribution in [-0.4, -0.2) is 0 Å². The molecular formula is C73H59N. The van der Waals surface area contributed by atoms with E-state index in [0.717, 1.165) is 11.4 Å². The maximum absolute atomic E-state index is 2.51. The van der Waals surface area contributed by atoms with Crippen LogP contribution in [0.1, 0.15) is 86.1 Å². The van der Waals surface area contributed by atoms with Gasteiger partial charge in [0.15, 0.2) is 0 Å². The van der Waals surface area contributed by atoms with Crippen molar-refractivity contribution in [2.24, 2.45) is 0 Å². The first-order valence-electron chi connectivity index (χ1n) is 26.5. The number of hydrogen-bond acceptors (Lipinski definition) is 1. The lowest BCUT2D eigenvalue weighted by atomic mass is 9.79. The average molecular weight is 950 g/mol. The van der Waals surface area contributed by atoms with Crippen molar-refractivity contribution < 1.29 is 0 Å². The fourth-order valence-electron chi connectivity index (χ4n) is 13.6. The molecule has 0 bridgehead atoms. The predicted molar refractivity (Wildman–Crippen MR) is 315 cm³/mol. The lowest BCUT2D eigenvalue weighted by Crippen LogP contribution is -2.17. The smallest absolute Gasteiger partial charge is 0.0465 e. The van der Waals surface area contributed by atoms with E-state index in [4.69, 9.17) is 0 Å². The molecule has 1 nitrogen and oxygen atoms in total. The van der Waals surface area contributed by atoms with E-state index < -0.39 is 0 Å². The van der Waals surface area contributed by atoms with Crippen LogP contribution >= 0.6 is 0 Å². The minimum Gasteiger partial charge on any atom is -0.310 e. The summed E-state index contributed by atoms with van der Waals surface area (Å²) in [7, 11) is 0. The molecule has 74 heavy (non-hydrogen) atoms. The second kappa shape index (κ2) is 15.9. The zero-order valence-corrected chi connectivity index (χ0v) is 43.7. The summed E-state index contributed by atoms with van der Waals surface area (Å²) in [4.78, 5) is 2.40. The molecule has 11 aromatic rings. The van der Waals surface area contributed by atoms with Gasteiger partial charge in [0, 0.05) is 33.3 Å². The Morgan fingerprint density at radius 3 is 0.973 bits per heavy atom. The number of aryl methyl sites for hydroxylation is 2. The Kier molecular flexibility index (Phi) is 9.53. The molecule has 0 amide bonds. The number of nitrogens with zero attached hydrogens (tertiary/aromatic N) is 1. The SMILES string of the molecule is Cc1ccc(N(c2ccc(C)cc2)c2ccc3c(c2)C(C)(C)c2cc(-c4ccc5c(c4)C(C)(C)c4cc(-c6c7ccccc7c(-c7ccc8c(c7)C(C)(C)c7ccccc7-8)c7ccccc67)ccc4-5)ccc2-3)cc1. The van der Waals surface area contributed by atoms with Crippen molar-refractivity contribution in [3.8, 4) is 66.8 Å². The summed E-state index contributed by atoms with van der Waals surface area (Å²) in [6.07, 6.45) is 0. The highest BCUT2D eigenvalue weighted by atomic mass is 15.1. The molecule has 0 unspecified atom stereocenters. The molecule has 0 spiro atoms. The van der Waals surface area contributed by atoms with Crippen molar-refractivity contribution in [3.63, 3.8) is 0 Å². The van der Waals surface area contributed by atoms with Crippen LogP contribution in [0.3, 0.4) is 0 Å². The summed E-state index contributed by atoms with van der Waals surface area (Å²) in [6, 6.07) is 81.0. The van der Waals surface area contributed by atoms with Crippen LogP contribution < -0.4 is 4.90 Å². The number of rotatable bonds is 6. The first kappa shape index (κ1) is 44.4. The maximum atomic E-state index is 2.51. The van der Waals surface area contributed by atoms with Gasteiger partial charge in [0.1, 0.15) is 0 Å². The van der Waals surface area contributed by atoms with Crippen LogP contribution in [0, 0.1) is 13.8 Å². The van der Waals surface area contributed by atoms with Crippen molar-refractivity contribution in [2.45, 2.75) is 71.6 Å². The van der Waals surface area contributed by atoms with E-state index in [2.05, 4.69) is 273 Å². The van der Waals surface area contributed by atoms with Gasteiger partial charge in [-0.15, -0.1) is 0 Å². The quantitative estimate of drug-likeness (QED) is 0.150. The Hall–Kier alpha value is -8.26. The number of fused-ring (bicyclic) bond motifs is 11. The molecule has 11 aromatic carbocycles. The van der Waals surface area contributed by atoms with E-state index in [1.807, 2.05) is 0 Å². The second-order valence-electron chi connectivity index (χ2n) is 23.0. The third kappa shape index (κ3) is 6.42. The van der Waals surface area contributed by atoms with Gasteiger partial charge in [-0.1, -0.05) is 204 Å². The molecule has 0 radical (unpaired) electrons. The van der Waals surface area contributed by atoms with Crippen LogP contribution in [0.4, 0.5) is 17.1 Å². The highest BCUT2D eigenvalue weighted by Crippen LogP contribution is 2.56. The van der Waals surface area contributed by atoms with Crippen LogP contribution in [0.15, 0.2) is 212 Å². The summed E-state index contributed by atoms with van der Waals surface area (Å²) < 4.78 is 0. The lowest BCUT2D eigenvalue weighted by molar-refractivity contribution is 0.659. The molecule has 0 aromatic heterocycles. The molecule has 0 fully saturated rings. The Balaban J connectivity index is 0.822. The van der Waals surface area contributed by atoms with Gasteiger partial charge >= 0.3 is 0 Å². The largest absolute Gasteiger partial charge is 0.310 e. The monoisotopic (exact) mass is 949 g/mol. The Morgan fingerprint density at radius 1 is 0.257 bits per heavy atom. The Labute approximate surface area is 436 Å². The second-order valence-corrected chi connectivity index (χ2v) is 23.0. The summed E-state index contributed by atoms with van der Waals surface area (Å²) in [5.74, 6) is 0. The van der Waals surface area contributed by atoms with Crippen molar-refractivity contribution in [1.82, 2.24) is 0 Å². The predicted octanol–water partition coefficient (Wildman–Crippen LogP) is 20.0. The van der Waals surface area contributed by atoms with Gasteiger partial charge < -0.3 is 4.90 Å². The highest BCUT2D eigenvalue weighted by molar-refractivity contribution is 6.21. The molecule has 1 heteroatoms. The van der Waals surface area contributed by atoms with Gasteiger partial charge in [-0.3, -0.25) is 0 Å². The molecule has 3 aliphatic rings. The molecule has 14 rings (SSSR count). The summed E-state index contributed by atoms with van der Waals surface area (Å²) in [6.45, 7) is 18.7. The molecule has 0 saturated heterocycles. The van der Waals surface area contributed by atoms with Gasteiger partial charge in [0.05, 0.1) is 0 Å². The molecule has 0 saturated carbocycles. The van der Waals surface area contributed by atoms with E-state index in [0.29, 0.717) is 0 Å². The van der Waals surface area contributed by atoms with Gasteiger partial charge in [0.2, 0.25) is 0 Å². The molecule has 0 N–H and O–H groups in total. The molecule has 0 heterocycles. The van der Waals surface area contributed by atoms with Crippen LogP contribution in [-0.2, 0) is 16.2 Å². The standard InChI is InChI=1S/C73H59N/c1-44-21-29-50(30-22-44)74(51-31-23-45(2)24-32-51)52-33-38-58-56-35-26-47(40-65(56)73(7,8)68(58)43-52)46-25-34-55-57-37-28-49(42-67(57)72(5,6)64(55)39-46)70-61-18-11-9-16-59(61)69(60-17-10-12-19-62(60)70)48-27-36-54-53-15-13-14-20-63(53)71(3,4)66(54)41-48/h9-43H,1-8H3.